The van der Waals surface area contributed by atoms with E-state index in [4.69, 9.17) is 0 Å². The molecule has 3 heterocycles. The SMILES string of the molecule is CC(C)(C)c1ccc(N2B3c4cc(C(C)(C)C)ccc4N(c4ccc(C(C)(C)C)cc4)c4cc(N(c5ccc(C(C)(C)C)cc5)c5ccc(C(C)(C)C)cc5)cc(c43)-c3ccc4c(sc5ccccc54)c32)cc1. The highest BCUT2D eigenvalue weighted by Crippen LogP contribution is 2.54. The summed E-state index contributed by atoms with van der Waals surface area (Å²) >= 11 is 1.93. The predicted molar refractivity (Wildman–Crippen MR) is 321 cm³/mol. The van der Waals surface area contributed by atoms with Gasteiger partial charge in [-0.2, -0.15) is 0 Å². The molecule has 2 aliphatic rings. The molecular weight excluding hydrogens is 902 g/mol. The van der Waals surface area contributed by atoms with Crippen LogP contribution in [0.3, 0.4) is 0 Å². The summed E-state index contributed by atoms with van der Waals surface area (Å²) in [6.45, 7) is 34.6. The van der Waals surface area contributed by atoms with E-state index in [9.17, 15) is 0 Å². The summed E-state index contributed by atoms with van der Waals surface area (Å²) in [4.78, 5) is 7.81. The van der Waals surface area contributed by atoms with E-state index in [0.717, 1.165) is 22.7 Å². The number of fused-ring (bicyclic) bond motifs is 8. The van der Waals surface area contributed by atoms with Crippen LogP contribution in [-0.2, 0) is 27.1 Å². The molecule has 0 amide bonds. The number of thiophene rings is 1. The van der Waals surface area contributed by atoms with Crippen LogP contribution >= 0.6 is 11.3 Å². The van der Waals surface area contributed by atoms with Gasteiger partial charge in [-0.3, -0.25) is 0 Å². The number of hydrogen-bond donors (Lipinski definition) is 0. The van der Waals surface area contributed by atoms with Crippen LogP contribution in [-0.4, -0.2) is 6.85 Å². The lowest BCUT2D eigenvalue weighted by molar-refractivity contribution is 0.590. The van der Waals surface area contributed by atoms with Gasteiger partial charge in [0.1, 0.15) is 0 Å². The second-order valence-electron chi connectivity index (χ2n) is 26.0. The Bertz CT molecular complexity index is 3510. The molecule has 11 rings (SSSR count). The number of anilines is 8. The molecule has 73 heavy (non-hydrogen) atoms. The Morgan fingerprint density at radius 1 is 0.397 bits per heavy atom. The lowest BCUT2D eigenvalue weighted by atomic mass is 9.43. The smallest absolute Gasteiger partial charge is 0.333 e. The second-order valence-corrected chi connectivity index (χ2v) is 27.1. The first kappa shape index (κ1) is 48.7. The topological polar surface area (TPSA) is 9.72 Å². The first-order valence-electron chi connectivity index (χ1n) is 26.4. The normalized spacial score (nSPS) is 13.9. The molecule has 0 spiro atoms. The van der Waals surface area contributed by atoms with Crippen LogP contribution in [0.1, 0.15) is 132 Å². The van der Waals surface area contributed by atoms with Gasteiger partial charge in [-0.1, -0.05) is 195 Å². The first-order valence-corrected chi connectivity index (χ1v) is 27.3. The minimum Gasteiger partial charge on any atom is -0.375 e. The number of benzene rings is 8. The highest BCUT2D eigenvalue weighted by molar-refractivity contribution is 7.26. The summed E-state index contributed by atoms with van der Waals surface area (Å²) in [7, 11) is 0. The van der Waals surface area contributed by atoms with Gasteiger partial charge in [0.05, 0.1) is 10.4 Å². The second kappa shape index (κ2) is 17.0. The molecule has 9 aromatic rings. The van der Waals surface area contributed by atoms with E-state index in [1.165, 1.54) is 92.8 Å². The van der Waals surface area contributed by atoms with Crippen LogP contribution in [0.5, 0.6) is 0 Å². The maximum absolute atomic E-state index is 2.73. The van der Waals surface area contributed by atoms with Crippen molar-refractivity contribution in [3.63, 3.8) is 0 Å². The Morgan fingerprint density at radius 2 is 0.877 bits per heavy atom. The largest absolute Gasteiger partial charge is 0.375 e. The fourth-order valence-electron chi connectivity index (χ4n) is 11.3. The average Bonchev–Trinajstić information content (AvgIpc) is 3.72. The Balaban J connectivity index is 1.28. The third kappa shape index (κ3) is 8.46. The van der Waals surface area contributed by atoms with E-state index in [1.807, 2.05) is 11.3 Å². The molecule has 1 aromatic heterocycles. The fraction of sp³-hybridized carbons (Fsp3) is 0.294. The third-order valence-electron chi connectivity index (χ3n) is 15.6. The van der Waals surface area contributed by atoms with Crippen molar-refractivity contribution in [2.24, 2.45) is 0 Å². The van der Waals surface area contributed by atoms with Gasteiger partial charge in [0, 0.05) is 60.8 Å². The van der Waals surface area contributed by atoms with Crippen molar-refractivity contribution < 1.29 is 0 Å². The van der Waals surface area contributed by atoms with Crippen LogP contribution in [0.15, 0.2) is 164 Å². The molecule has 0 atom stereocenters. The minimum absolute atomic E-state index is 0.0143. The van der Waals surface area contributed by atoms with Gasteiger partial charge in [-0.15, -0.1) is 11.3 Å². The number of nitrogens with zero attached hydrogens (tertiary/aromatic N) is 3. The lowest BCUT2D eigenvalue weighted by Crippen LogP contribution is -2.61. The molecule has 368 valence electrons. The van der Waals surface area contributed by atoms with Crippen molar-refractivity contribution >= 4 is 94.8 Å². The molecule has 0 radical (unpaired) electrons. The molecular formula is C68H72BN3S. The highest BCUT2D eigenvalue weighted by atomic mass is 32.1. The summed E-state index contributed by atoms with van der Waals surface area (Å²) in [6.07, 6.45) is 0. The Hall–Kier alpha value is -6.56. The monoisotopic (exact) mass is 974 g/mol. The zero-order chi connectivity index (χ0) is 51.7. The van der Waals surface area contributed by atoms with Crippen LogP contribution in [0.2, 0.25) is 0 Å². The average molecular weight is 974 g/mol. The number of hydrogen-bond acceptors (Lipinski definition) is 4. The van der Waals surface area contributed by atoms with Crippen LogP contribution in [0.4, 0.5) is 45.5 Å². The van der Waals surface area contributed by atoms with Crippen LogP contribution < -0.4 is 25.5 Å². The molecule has 0 saturated heterocycles. The molecule has 0 fully saturated rings. The van der Waals surface area contributed by atoms with Gasteiger partial charge in [-0.05, 0) is 144 Å². The fourth-order valence-corrected chi connectivity index (χ4v) is 12.5. The number of rotatable bonds is 5. The van der Waals surface area contributed by atoms with E-state index in [0.29, 0.717) is 0 Å². The van der Waals surface area contributed by atoms with Crippen LogP contribution in [0, 0.1) is 0 Å². The van der Waals surface area contributed by atoms with Gasteiger partial charge in [0.2, 0.25) is 0 Å². The summed E-state index contributed by atoms with van der Waals surface area (Å²) in [6, 6.07) is 63.7. The molecule has 0 unspecified atom stereocenters. The lowest BCUT2D eigenvalue weighted by Gasteiger charge is -2.47. The zero-order valence-electron chi connectivity index (χ0n) is 45.9. The summed E-state index contributed by atoms with van der Waals surface area (Å²) in [5, 5.41) is 2.61. The van der Waals surface area contributed by atoms with E-state index in [1.54, 1.807) is 0 Å². The van der Waals surface area contributed by atoms with Crippen molar-refractivity contribution in [2.45, 2.75) is 131 Å². The Labute approximate surface area is 440 Å². The molecule has 0 aliphatic carbocycles. The molecule has 0 bridgehead atoms. The van der Waals surface area contributed by atoms with Crippen molar-refractivity contribution in [2.75, 3.05) is 14.6 Å². The Morgan fingerprint density at radius 3 is 1.40 bits per heavy atom. The summed E-state index contributed by atoms with van der Waals surface area (Å²) in [5.74, 6) is 0. The van der Waals surface area contributed by atoms with E-state index in [-0.39, 0.29) is 33.9 Å². The minimum atomic E-state index is -0.143. The molecule has 8 aromatic carbocycles. The highest BCUT2D eigenvalue weighted by Gasteiger charge is 2.47. The predicted octanol–water partition coefficient (Wildman–Crippen LogP) is 18.7. The van der Waals surface area contributed by atoms with Crippen molar-refractivity contribution in [3.05, 3.63) is 192 Å². The van der Waals surface area contributed by atoms with Crippen molar-refractivity contribution in [1.82, 2.24) is 0 Å². The maximum Gasteiger partial charge on any atom is 0.333 e. The molecule has 5 heteroatoms. The molecule has 0 saturated carbocycles. The quantitative estimate of drug-likeness (QED) is 0.159. The molecule has 3 nitrogen and oxygen atoms in total. The van der Waals surface area contributed by atoms with Gasteiger partial charge >= 0.3 is 6.85 Å². The third-order valence-corrected chi connectivity index (χ3v) is 16.8. The van der Waals surface area contributed by atoms with E-state index >= 15 is 0 Å². The van der Waals surface area contributed by atoms with Crippen molar-refractivity contribution in [1.29, 1.82) is 0 Å². The van der Waals surface area contributed by atoms with Gasteiger partial charge in [0.25, 0.3) is 0 Å². The van der Waals surface area contributed by atoms with Gasteiger partial charge in [-0.25, -0.2) is 0 Å². The summed E-state index contributed by atoms with van der Waals surface area (Å²) in [5.41, 5.74) is 21.1. The standard InChI is InChI=1S/C68H72BN3S/c1-64(2,3)43-20-29-48(30-21-43)70(49-31-22-44(23-32-49)65(4,5)6)52-41-56-54-37-38-55-53-18-16-17-19-60(53)73-63(55)62(54)72(51-35-26-46(27-36-51)67(10,11)12)69-57-40-47(68(13,14)15)28-39-58(57)71(59(42-52)61(56)69)50-33-24-45(25-34-50)66(7,8)9/h16-42H,1-15H3. The van der Waals surface area contributed by atoms with Crippen LogP contribution in [0.25, 0.3) is 31.3 Å². The van der Waals surface area contributed by atoms with Gasteiger partial charge < -0.3 is 14.6 Å². The first-order chi connectivity index (χ1) is 34.4. The zero-order valence-corrected chi connectivity index (χ0v) is 46.7. The summed E-state index contributed by atoms with van der Waals surface area (Å²) < 4.78 is 2.62. The van der Waals surface area contributed by atoms with E-state index in [2.05, 4.69) is 282 Å². The van der Waals surface area contributed by atoms with Gasteiger partial charge in [0.15, 0.2) is 0 Å². The maximum atomic E-state index is 2.73. The van der Waals surface area contributed by atoms with E-state index < -0.39 is 0 Å². The Kier molecular flexibility index (Phi) is 11.3. The molecule has 0 N–H and O–H groups in total. The van der Waals surface area contributed by atoms with Crippen molar-refractivity contribution in [3.8, 4) is 11.1 Å². The molecule has 2 aliphatic heterocycles.